The van der Waals surface area contributed by atoms with Crippen LogP contribution in [0.1, 0.15) is 83.6 Å². The van der Waals surface area contributed by atoms with Crippen molar-refractivity contribution in [1.29, 1.82) is 0 Å². The van der Waals surface area contributed by atoms with Gasteiger partial charge in [0.15, 0.2) is 0 Å². The van der Waals surface area contributed by atoms with E-state index in [4.69, 9.17) is 15.0 Å². The van der Waals surface area contributed by atoms with E-state index in [9.17, 15) is 0 Å². The number of pyridine rings is 1. The molecule has 7 rings (SSSR count). The summed E-state index contributed by atoms with van der Waals surface area (Å²) in [5.74, 6) is 1.72. The zero-order valence-corrected chi connectivity index (χ0v) is 27.5. The minimum Gasteiger partial charge on any atom is -0.685 e. The van der Waals surface area contributed by atoms with Gasteiger partial charge in [-0.2, -0.15) is 5.70 Å². The molecule has 0 bridgehead atoms. The Morgan fingerprint density at radius 2 is 1.71 bits per heavy atom. The van der Waals surface area contributed by atoms with Gasteiger partial charge < -0.3 is 15.0 Å². The third-order valence-corrected chi connectivity index (χ3v) is 8.59. The molecule has 0 amide bonds. The molecule has 2 aliphatic carbocycles. The molecule has 3 aliphatic rings. The van der Waals surface area contributed by atoms with Crippen molar-refractivity contribution in [2.45, 2.75) is 97.1 Å². The summed E-state index contributed by atoms with van der Waals surface area (Å²) in [7, 11) is 0. The fourth-order valence-corrected chi connectivity index (χ4v) is 6.58. The van der Waals surface area contributed by atoms with Crippen LogP contribution >= 0.6 is 0 Å². The Morgan fingerprint density at radius 1 is 0.952 bits per heavy atom. The van der Waals surface area contributed by atoms with E-state index in [1.165, 1.54) is 81.2 Å². The fourth-order valence-electron chi connectivity index (χ4n) is 6.58. The average molecular weight is 736 g/mol. The number of benzene rings is 3. The molecule has 0 unspecified atom stereocenters. The van der Waals surface area contributed by atoms with Crippen LogP contribution in [0.5, 0.6) is 11.5 Å². The van der Waals surface area contributed by atoms with Gasteiger partial charge in [-0.15, -0.1) is 29.8 Å². The normalized spacial score (nSPS) is 17.5. The molecular formula is C37H41IrN3O-2. The molecule has 4 aromatic rings. The molecule has 4 nitrogen and oxygen atoms in total. The zero-order chi connectivity index (χ0) is 28.2. The molecule has 0 atom stereocenters. The Bertz CT molecular complexity index is 1590. The molecule has 42 heavy (non-hydrogen) atoms. The Labute approximate surface area is 264 Å². The summed E-state index contributed by atoms with van der Waals surface area (Å²) in [6.45, 7) is 6.36. The largest absolute Gasteiger partial charge is 0.685 e. The Kier molecular flexibility index (Phi) is 10.1. The summed E-state index contributed by atoms with van der Waals surface area (Å²) in [5.41, 5.74) is 5.46. The van der Waals surface area contributed by atoms with Gasteiger partial charge in [0.25, 0.3) is 0 Å². The molecule has 0 spiro atoms. The molecule has 1 aliphatic heterocycles. The van der Waals surface area contributed by atoms with E-state index in [2.05, 4.69) is 68.2 Å². The van der Waals surface area contributed by atoms with Crippen LogP contribution in [0.25, 0.3) is 38.1 Å². The van der Waals surface area contributed by atoms with Crippen LogP contribution < -0.4 is 4.74 Å². The van der Waals surface area contributed by atoms with Crippen LogP contribution in [-0.2, 0) is 20.1 Å². The zero-order valence-electron chi connectivity index (χ0n) is 25.1. The number of allylic oxidation sites excluding steroid dienone is 2. The number of hydrogen-bond acceptors (Lipinski definition) is 3. The van der Waals surface area contributed by atoms with Crippen LogP contribution in [0, 0.1) is 13.0 Å². The van der Waals surface area contributed by atoms with E-state index < -0.39 is 0 Å². The van der Waals surface area contributed by atoms with E-state index in [-0.39, 0.29) is 20.1 Å². The van der Waals surface area contributed by atoms with Crippen LogP contribution in [0.4, 0.5) is 0 Å². The minimum atomic E-state index is 0. The van der Waals surface area contributed by atoms with Crippen molar-refractivity contribution < 1.29 is 24.8 Å². The fraction of sp³-hybridized carbons (Fsp3) is 0.405. The standard InChI is InChI=1S/C20H12NO.C17H29N2.Ir/c1-12-8-9-14-11-21-19-15-6-2-4-13-5-3-7-17(18(13)15)22-20(19)16(14)10-12;1-14(18-16-9-5-3-6-10-16)13-15(2)19-17-11-7-4-8-12-17;/h2-5,7-11H,1H3;13,16-17H,3-12H2,1-2H3;/q2*-1;/b;14-13-,19-15?;. The molecule has 2 heterocycles. The molecule has 2 saturated carbocycles. The topological polar surface area (TPSA) is 48.6 Å². The molecule has 3 aromatic carbocycles. The second-order valence-corrected chi connectivity index (χ2v) is 12.0. The maximum atomic E-state index is 6.24. The summed E-state index contributed by atoms with van der Waals surface area (Å²) >= 11 is 0. The van der Waals surface area contributed by atoms with E-state index in [1.807, 2.05) is 24.4 Å². The Hall–Kier alpha value is -3.01. The molecule has 0 N–H and O–H groups in total. The van der Waals surface area contributed by atoms with Crippen molar-refractivity contribution in [2.75, 3.05) is 0 Å². The van der Waals surface area contributed by atoms with Gasteiger partial charge >= 0.3 is 0 Å². The average Bonchev–Trinajstić information content (AvgIpc) is 2.99. The predicted octanol–water partition coefficient (Wildman–Crippen LogP) is 10.7. The number of aryl methyl sites for hydroxylation is 1. The van der Waals surface area contributed by atoms with Crippen LogP contribution in [0.15, 0.2) is 71.5 Å². The number of nitrogens with zero attached hydrogens (tertiary/aromatic N) is 3. The first-order valence-electron chi connectivity index (χ1n) is 15.5. The number of aliphatic imine (C=N–C) groups is 1. The van der Waals surface area contributed by atoms with Crippen molar-refractivity contribution in [1.82, 2.24) is 4.98 Å². The summed E-state index contributed by atoms with van der Waals surface area (Å²) in [5, 5.41) is 9.29. The van der Waals surface area contributed by atoms with Gasteiger partial charge in [-0.1, -0.05) is 105 Å². The first kappa shape index (κ1) is 30.4. The van der Waals surface area contributed by atoms with Crippen molar-refractivity contribution in [3.8, 4) is 22.8 Å². The van der Waals surface area contributed by atoms with Crippen LogP contribution in [-0.4, -0.2) is 22.8 Å². The summed E-state index contributed by atoms with van der Waals surface area (Å²) < 4.78 is 6.24. The van der Waals surface area contributed by atoms with Gasteiger partial charge in [-0.25, -0.2) is 0 Å². The van der Waals surface area contributed by atoms with E-state index in [1.54, 1.807) is 0 Å². The first-order valence-corrected chi connectivity index (χ1v) is 15.5. The molecule has 1 radical (unpaired) electrons. The van der Waals surface area contributed by atoms with Gasteiger partial charge in [0.05, 0.1) is 11.8 Å². The van der Waals surface area contributed by atoms with Crippen molar-refractivity contribution in [2.24, 2.45) is 4.99 Å². The van der Waals surface area contributed by atoms with Crippen molar-refractivity contribution in [3.63, 3.8) is 0 Å². The second kappa shape index (κ2) is 14.0. The van der Waals surface area contributed by atoms with Gasteiger partial charge in [-0.3, -0.25) is 4.99 Å². The molecule has 5 heteroatoms. The SMILES string of the molecule is CC(/C=C(/C)[N-]C1CCCCC1)=NC1CCCCC1.Cc1ccc2cnc3c(c2c1)Oc1cccc2cc[c-]c-3c12.[Ir]. The minimum absolute atomic E-state index is 0. The molecular weight excluding hydrogens is 695 g/mol. The van der Waals surface area contributed by atoms with E-state index in [0.29, 0.717) is 12.1 Å². The Morgan fingerprint density at radius 3 is 2.50 bits per heavy atom. The monoisotopic (exact) mass is 736 g/mol. The third-order valence-electron chi connectivity index (χ3n) is 8.59. The summed E-state index contributed by atoms with van der Waals surface area (Å²) in [6.07, 6.45) is 17.5. The number of hydrogen-bond donors (Lipinski definition) is 0. The number of aromatic nitrogens is 1. The third kappa shape index (κ3) is 6.96. The van der Waals surface area contributed by atoms with Gasteiger partial charge in [0, 0.05) is 48.5 Å². The first-order chi connectivity index (χ1) is 20.0. The predicted molar refractivity (Wildman–Crippen MR) is 172 cm³/mol. The van der Waals surface area contributed by atoms with Crippen molar-refractivity contribution >= 4 is 27.3 Å². The molecule has 221 valence electrons. The second-order valence-electron chi connectivity index (χ2n) is 12.0. The van der Waals surface area contributed by atoms with Crippen molar-refractivity contribution in [3.05, 3.63) is 83.4 Å². The maximum absolute atomic E-state index is 6.24. The smallest absolute Gasteiger partial charge is 0.118 e. The quantitative estimate of drug-likeness (QED) is 0.136. The summed E-state index contributed by atoms with van der Waals surface area (Å²) in [4.78, 5) is 9.49. The van der Waals surface area contributed by atoms with E-state index >= 15 is 0 Å². The Balaban J connectivity index is 0.000000166. The number of ether oxygens (including phenoxy) is 1. The van der Waals surface area contributed by atoms with Gasteiger partial charge in [-0.05, 0) is 38.8 Å². The number of rotatable bonds is 4. The van der Waals surface area contributed by atoms with Gasteiger partial charge in [0.2, 0.25) is 0 Å². The molecule has 0 saturated heterocycles. The number of fused-ring (bicyclic) bond motifs is 4. The maximum Gasteiger partial charge on any atom is 0.118 e. The van der Waals surface area contributed by atoms with Crippen LogP contribution in [0.2, 0.25) is 0 Å². The van der Waals surface area contributed by atoms with Crippen LogP contribution in [0.3, 0.4) is 0 Å². The molecule has 1 aromatic heterocycles. The van der Waals surface area contributed by atoms with E-state index in [0.717, 1.165) is 44.3 Å². The van der Waals surface area contributed by atoms with Gasteiger partial charge in [0.1, 0.15) is 5.75 Å². The molecule has 2 fully saturated rings. The summed E-state index contributed by atoms with van der Waals surface area (Å²) in [6, 6.07) is 21.0.